The van der Waals surface area contributed by atoms with Crippen LogP contribution in [0.15, 0.2) is 41.1 Å². The second-order valence-electron chi connectivity index (χ2n) is 5.09. The van der Waals surface area contributed by atoms with Crippen molar-refractivity contribution in [2.45, 2.75) is 26.5 Å². The van der Waals surface area contributed by atoms with E-state index in [1.807, 2.05) is 29.6 Å². The van der Waals surface area contributed by atoms with Gasteiger partial charge in [0.15, 0.2) is 5.82 Å². The third-order valence-electron chi connectivity index (χ3n) is 2.92. The molecule has 0 saturated heterocycles. The van der Waals surface area contributed by atoms with E-state index in [2.05, 4.69) is 40.6 Å². The lowest BCUT2D eigenvalue weighted by atomic mass is 10.3. The van der Waals surface area contributed by atoms with Crippen LogP contribution < -0.4 is 10.1 Å². The van der Waals surface area contributed by atoms with Crippen molar-refractivity contribution < 1.29 is 4.74 Å². The monoisotopic (exact) mass is 299 g/mol. The van der Waals surface area contributed by atoms with Gasteiger partial charge in [-0.15, -0.1) is 0 Å². The predicted octanol–water partition coefficient (Wildman–Crippen LogP) is 4.09. The Bertz CT molecular complexity index is 725. The molecule has 4 nitrogen and oxygen atoms in total. The van der Waals surface area contributed by atoms with Gasteiger partial charge in [0.05, 0.1) is 11.0 Å². The number of fused-ring (bicyclic) bond motifs is 1. The standard InChI is InChI=1S/C16H17N3OS/c1-11(2)17-15-16(20-9-12-7-8-21-10-12)19-14-6-4-3-5-13(14)18-15/h3-8,10-11H,9H2,1-2H3,(H,17,18). The maximum Gasteiger partial charge on any atom is 0.258 e. The van der Waals surface area contributed by atoms with Gasteiger partial charge in [-0.05, 0) is 42.8 Å². The van der Waals surface area contributed by atoms with Crippen LogP contribution in [0.2, 0.25) is 0 Å². The summed E-state index contributed by atoms with van der Waals surface area (Å²) in [7, 11) is 0. The Balaban J connectivity index is 1.93. The number of ether oxygens (including phenoxy) is 1. The van der Waals surface area contributed by atoms with Gasteiger partial charge in [-0.1, -0.05) is 12.1 Å². The highest BCUT2D eigenvalue weighted by atomic mass is 32.1. The van der Waals surface area contributed by atoms with Gasteiger partial charge in [0, 0.05) is 11.6 Å². The first-order valence-electron chi connectivity index (χ1n) is 6.89. The minimum absolute atomic E-state index is 0.268. The fraction of sp³-hybridized carbons (Fsp3) is 0.250. The average molecular weight is 299 g/mol. The Morgan fingerprint density at radius 1 is 1.14 bits per heavy atom. The number of nitrogens with zero attached hydrogens (tertiary/aromatic N) is 2. The highest BCUT2D eigenvalue weighted by Gasteiger charge is 2.11. The number of hydrogen-bond donors (Lipinski definition) is 1. The molecule has 3 rings (SSSR count). The van der Waals surface area contributed by atoms with Gasteiger partial charge in [0.2, 0.25) is 0 Å². The molecule has 2 aromatic heterocycles. The van der Waals surface area contributed by atoms with E-state index in [1.54, 1.807) is 11.3 Å². The van der Waals surface area contributed by atoms with Gasteiger partial charge >= 0.3 is 0 Å². The molecule has 0 spiro atoms. The lowest BCUT2D eigenvalue weighted by Gasteiger charge is -2.14. The molecule has 0 aliphatic carbocycles. The Morgan fingerprint density at radius 3 is 2.57 bits per heavy atom. The second kappa shape index (κ2) is 6.10. The Labute approximate surface area is 127 Å². The summed E-state index contributed by atoms with van der Waals surface area (Å²) in [5.74, 6) is 1.24. The lowest BCUT2D eigenvalue weighted by Crippen LogP contribution is -2.13. The molecule has 108 valence electrons. The zero-order valence-electron chi connectivity index (χ0n) is 12.0. The number of aromatic nitrogens is 2. The van der Waals surface area contributed by atoms with Crippen molar-refractivity contribution in [1.29, 1.82) is 0 Å². The Morgan fingerprint density at radius 2 is 1.90 bits per heavy atom. The highest BCUT2D eigenvalue weighted by Crippen LogP contribution is 2.25. The van der Waals surface area contributed by atoms with Gasteiger partial charge in [-0.2, -0.15) is 11.3 Å². The van der Waals surface area contributed by atoms with Crippen LogP contribution in [0, 0.1) is 0 Å². The number of hydrogen-bond acceptors (Lipinski definition) is 5. The number of anilines is 1. The summed E-state index contributed by atoms with van der Waals surface area (Å²) in [6.07, 6.45) is 0. The SMILES string of the molecule is CC(C)Nc1nc2ccccc2nc1OCc1ccsc1. The molecule has 5 heteroatoms. The summed E-state index contributed by atoms with van der Waals surface area (Å²) in [5.41, 5.74) is 2.85. The molecule has 1 aromatic carbocycles. The molecule has 0 amide bonds. The molecule has 0 fully saturated rings. The molecule has 21 heavy (non-hydrogen) atoms. The van der Waals surface area contributed by atoms with E-state index in [1.165, 1.54) is 0 Å². The van der Waals surface area contributed by atoms with Crippen molar-refractivity contribution in [1.82, 2.24) is 9.97 Å². The predicted molar refractivity (Wildman–Crippen MR) is 86.9 cm³/mol. The van der Waals surface area contributed by atoms with Crippen LogP contribution >= 0.6 is 11.3 Å². The van der Waals surface area contributed by atoms with Crippen LogP contribution in [0.4, 0.5) is 5.82 Å². The molecule has 1 N–H and O–H groups in total. The molecule has 0 aliphatic heterocycles. The third kappa shape index (κ3) is 3.31. The first-order chi connectivity index (χ1) is 10.2. The number of benzene rings is 1. The van der Waals surface area contributed by atoms with Gasteiger partial charge in [-0.3, -0.25) is 0 Å². The first-order valence-corrected chi connectivity index (χ1v) is 7.84. The minimum atomic E-state index is 0.268. The summed E-state index contributed by atoms with van der Waals surface area (Å²) in [6, 6.07) is 10.1. The van der Waals surface area contributed by atoms with Crippen molar-refractivity contribution in [2.75, 3.05) is 5.32 Å². The van der Waals surface area contributed by atoms with Crippen LogP contribution in [-0.2, 0) is 6.61 Å². The Hall–Kier alpha value is -2.14. The zero-order valence-corrected chi connectivity index (χ0v) is 12.9. The van der Waals surface area contributed by atoms with Gasteiger partial charge in [-0.25, -0.2) is 9.97 Å². The van der Waals surface area contributed by atoms with Crippen molar-refractivity contribution in [3.63, 3.8) is 0 Å². The van der Waals surface area contributed by atoms with Crippen LogP contribution in [0.5, 0.6) is 5.88 Å². The number of rotatable bonds is 5. The van der Waals surface area contributed by atoms with Crippen molar-refractivity contribution in [3.05, 3.63) is 46.7 Å². The van der Waals surface area contributed by atoms with Crippen LogP contribution in [-0.4, -0.2) is 16.0 Å². The van der Waals surface area contributed by atoms with Gasteiger partial charge in [0.1, 0.15) is 6.61 Å². The Kier molecular flexibility index (Phi) is 4.01. The molecule has 0 atom stereocenters. The summed E-state index contributed by atoms with van der Waals surface area (Å²) < 4.78 is 5.86. The summed E-state index contributed by atoms with van der Waals surface area (Å²) in [6.45, 7) is 4.64. The van der Waals surface area contributed by atoms with Crippen molar-refractivity contribution in [3.8, 4) is 5.88 Å². The summed E-state index contributed by atoms with van der Waals surface area (Å²) >= 11 is 1.66. The molecule has 3 aromatic rings. The smallest absolute Gasteiger partial charge is 0.258 e. The van der Waals surface area contributed by atoms with Crippen molar-refractivity contribution in [2.24, 2.45) is 0 Å². The van der Waals surface area contributed by atoms with Gasteiger partial charge < -0.3 is 10.1 Å². The zero-order chi connectivity index (χ0) is 14.7. The van der Waals surface area contributed by atoms with E-state index in [-0.39, 0.29) is 6.04 Å². The first kappa shape index (κ1) is 13.8. The number of para-hydroxylation sites is 2. The summed E-state index contributed by atoms with van der Waals surface area (Å²) in [5, 5.41) is 7.41. The van der Waals surface area contributed by atoms with Crippen LogP contribution in [0.25, 0.3) is 11.0 Å². The highest BCUT2D eigenvalue weighted by molar-refractivity contribution is 7.07. The normalized spacial score (nSPS) is 11.0. The van der Waals surface area contributed by atoms with E-state index in [0.29, 0.717) is 18.3 Å². The van der Waals surface area contributed by atoms with Crippen LogP contribution in [0.3, 0.4) is 0 Å². The fourth-order valence-electron chi connectivity index (χ4n) is 1.98. The molecule has 0 aliphatic rings. The maximum absolute atomic E-state index is 5.86. The quantitative estimate of drug-likeness (QED) is 0.771. The molecular weight excluding hydrogens is 282 g/mol. The molecule has 2 heterocycles. The minimum Gasteiger partial charge on any atom is -0.470 e. The second-order valence-corrected chi connectivity index (χ2v) is 5.87. The third-order valence-corrected chi connectivity index (χ3v) is 3.65. The van der Waals surface area contributed by atoms with Gasteiger partial charge in [0.25, 0.3) is 5.88 Å². The molecule has 0 unspecified atom stereocenters. The number of nitrogens with one attached hydrogen (secondary N) is 1. The lowest BCUT2D eigenvalue weighted by molar-refractivity contribution is 0.296. The van der Waals surface area contributed by atoms with Crippen molar-refractivity contribution >= 4 is 28.2 Å². The van der Waals surface area contributed by atoms with Crippen LogP contribution in [0.1, 0.15) is 19.4 Å². The molecule has 0 radical (unpaired) electrons. The fourth-order valence-corrected chi connectivity index (χ4v) is 2.63. The molecular formula is C16H17N3OS. The average Bonchev–Trinajstić information content (AvgIpc) is 2.97. The molecule has 0 bridgehead atoms. The van der Waals surface area contributed by atoms with E-state index >= 15 is 0 Å². The van der Waals surface area contributed by atoms with E-state index in [9.17, 15) is 0 Å². The number of thiophene rings is 1. The topological polar surface area (TPSA) is 47.0 Å². The largest absolute Gasteiger partial charge is 0.470 e. The van der Waals surface area contributed by atoms with E-state index in [0.717, 1.165) is 16.6 Å². The maximum atomic E-state index is 5.86. The van der Waals surface area contributed by atoms with E-state index < -0.39 is 0 Å². The molecule has 0 saturated carbocycles. The summed E-state index contributed by atoms with van der Waals surface area (Å²) in [4.78, 5) is 9.20. The van der Waals surface area contributed by atoms with E-state index in [4.69, 9.17) is 4.74 Å².